The number of hydrogen-bond donors (Lipinski definition) is 0. The third-order valence-electron chi connectivity index (χ3n) is 2.71. The lowest BCUT2D eigenvalue weighted by Crippen LogP contribution is -2.08. The Morgan fingerprint density at radius 2 is 2.29 bits per heavy atom. The van der Waals surface area contributed by atoms with E-state index < -0.39 is 5.97 Å². The van der Waals surface area contributed by atoms with E-state index in [1.165, 1.54) is 22.2 Å². The minimum absolute atomic E-state index is 0.0921. The van der Waals surface area contributed by atoms with E-state index >= 15 is 0 Å². The predicted octanol–water partition coefficient (Wildman–Crippen LogP) is 2.73. The van der Waals surface area contributed by atoms with Gasteiger partial charge in [-0.05, 0) is 17.5 Å². The van der Waals surface area contributed by atoms with Crippen molar-refractivity contribution >= 4 is 28.9 Å². The van der Waals surface area contributed by atoms with Crippen LogP contribution in [-0.4, -0.2) is 25.9 Å². The average Bonchev–Trinajstić information content (AvgIpc) is 3.16. The molecule has 8 heteroatoms. The van der Waals surface area contributed by atoms with Crippen LogP contribution in [0, 0.1) is 0 Å². The van der Waals surface area contributed by atoms with E-state index in [1.54, 1.807) is 36.1 Å². The summed E-state index contributed by atoms with van der Waals surface area (Å²) in [6, 6.07) is 3.50. The number of aromatic nitrogens is 4. The quantitative estimate of drug-likeness (QED) is 0.691. The highest BCUT2D eigenvalue weighted by Crippen LogP contribution is 2.22. The Balaban J connectivity index is 1.75. The maximum Gasteiger partial charge on any atom is 0.350 e. The molecule has 0 amide bonds. The first-order valence-electron chi connectivity index (χ1n) is 5.95. The molecule has 106 valence electrons. The smallest absolute Gasteiger partial charge is 0.350 e. The molecule has 0 aromatic carbocycles. The Morgan fingerprint density at radius 3 is 3.05 bits per heavy atom. The highest BCUT2D eigenvalue weighted by Gasteiger charge is 2.17. The second-order valence-electron chi connectivity index (χ2n) is 4.03. The molecule has 3 rings (SSSR count). The predicted molar refractivity (Wildman–Crippen MR) is 77.6 cm³/mol. The van der Waals surface area contributed by atoms with Crippen molar-refractivity contribution in [2.45, 2.75) is 6.61 Å². The monoisotopic (exact) mass is 320 g/mol. The average molecular weight is 321 g/mol. The lowest BCUT2D eigenvalue weighted by molar-refractivity contribution is 0.0478. The van der Waals surface area contributed by atoms with E-state index in [9.17, 15) is 4.79 Å². The van der Waals surface area contributed by atoms with E-state index in [-0.39, 0.29) is 6.61 Å². The molecule has 0 saturated carbocycles. The summed E-state index contributed by atoms with van der Waals surface area (Å²) in [6.07, 6.45) is 6.32. The number of hydrogen-bond acceptors (Lipinski definition) is 6. The maximum absolute atomic E-state index is 12.2. The van der Waals surface area contributed by atoms with Gasteiger partial charge in [0.2, 0.25) is 0 Å². The van der Waals surface area contributed by atoms with Gasteiger partial charge in [0.15, 0.2) is 0 Å². The summed E-state index contributed by atoms with van der Waals surface area (Å²) in [4.78, 5) is 16.5. The molecule has 0 fully saturated rings. The first kappa shape index (κ1) is 13.7. The van der Waals surface area contributed by atoms with Crippen molar-refractivity contribution in [1.29, 1.82) is 0 Å². The number of rotatable bonds is 4. The highest BCUT2D eigenvalue weighted by molar-refractivity contribution is 7.12. The third-order valence-corrected chi connectivity index (χ3v) is 3.94. The van der Waals surface area contributed by atoms with Gasteiger partial charge in [0.1, 0.15) is 11.5 Å². The molecule has 0 aliphatic carbocycles. The fourth-order valence-corrected chi connectivity index (χ4v) is 2.65. The van der Waals surface area contributed by atoms with E-state index in [4.69, 9.17) is 16.3 Å². The van der Waals surface area contributed by atoms with E-state index in [1.807, 2.05) is 0 Å². The molecule has 0 spiro atoms. The zero-order valence-electron chi connectivity index (χ0n) is 10.6. The van der Waals surface area contributed by atoms with Crippen LogP contribution < -0.4 is 0 Å². The highest BCUT2D eigenvalue weighted by atomic mass is 35.5. The van der Waals surface area contributed by atoms with Crippen LogP contribution in [-0.2, 0) is 11.3 Å². The van der Waals surface area contributed by atoms with Gasteiger partial charge >= 0.3 is 5.97 Å². The van der Waals surface area contributed by atoms with Crippen LogP contribution in [0.5, 0.6) is 0 Å². The minimum Gasteiger partial charge on any atom is -0.457 e. The molecule has 0 aliphatic rings. The Hall–Kier alpha value is -2.25. The molecule has 6 nitrogen and oxygen atoms in total. The van der Waals surface area contributed by atoms with Gasteiger partial charge in [0.05, 0.1) is 23.1 Å². The molecule has 0 saturated heterocycles. The third kappa shape index (κ3) is 2.93. The molecular formula is C13H9ClN4O2S. The van der Waals surface area contributed by atoms with Crippen LogP contribution in [0.15, 0.2) is 42.3 Å². The van der Waals surface area contributed by atoms with Crippen molar-refractivity contribution in [3.8, 4) is 5.69 Å². The van der Waals surface area contributed by atoms with Crippen LogP contribution >= 0.6 is 22.9 Å². The summed E-state index contributed by atoms with van der Waals surface area (Å²) in [6.45, 7) is 0.0921. The van der Waals surface area contributed by atoms with E-state index in [0.29, 0.717) is 21.2 Å². The van der Waals surface area contributed by atoms with Crippen molar-refractivity contribution in [3.63, 3.8) is 0 Å². The number of esters is 1. The summed E-state index contributed by atoms with van der Waals surface area (Å²) >= 11 is 7.26. The summed E-state index contributed by atoms with van der Waals surface area (Å²) in [5, 5.41) is 9.86. The molecule has 0 unspecified atom stereocenters. The number of nitrogens with zero attached hydrogens (tertiary/aromatic N) is 4. The molecule has 0 N–H and O–H groups in total. The molecular weight excluding hydrogens is 312 g/mol. The lowest BCUT2D eigenvalue weighted by Gasteiger charge is -2.06. The van der Waals surface area contributed by atoms with Gasteiger partial charge < -0.3 is 4.74 Å². The Bertz CT molecular complexity index is 757. The van der Waals surface area contributed by atoms with Crippen LogP contribution in [0.1, 0.15) is 15.2 Å². The second kappa shape index (κ2) is 6.02. The van der Waals surface area contributed by atoms with Crippen LogP contribution in [0.4, 0.5) is 0 Å². The van der Waals surface area contributed by atoms with Gasteiger partial charge in [0.25, 0.3) is 0 Å². The van der Waals surface area contributed by atoms with Crippen molar-refractivity contribution in [1.82, 2.24) is 20.0 Å². The number of pyridine rings is 1. The molecule has 0 bridgehead atoms. The molecule has 3 heterocycles. The number of carbonyl (C=O) groups excluding carboxylic acids is 1. The standard InChI is InChI=1S/C13H9ClN4O2S/c14-10-7-15-3-1-9(10)8-20-13(19)12-11(2-6-21-12)18-5-4-16-17-18/h1-7H,8H2. The van der Waals surface area contributed by atoms with Crippen LogP contribution in [0.25, 0.3) is 5.69 Å². The lowest BCUT2D eigenvalue weighted by atomic mass is 10.3. The van der Waals surface area contributed by atoms with Crippen molar-refractivity contribution in [2.24, 2.45) is 0 Å². The van der Waals surface area contributed by atoms with Crippen molar-refractivity contribution < 1.29 is 9.53 Å². The van der Waals surface area contributed by atoms with Crippen molar-refractivity contribution in [3.05, 3.63) is 57.8 Å². The van der Waals surface area contributed by atoms with Gasteiger partial charge in [-0.1, -0.05) is 16.8 Å². The largest absolute Gasteiger partial charge is 0.457 e. The second-order valence-corrected chi connectivity index (χ2v) is 5.35. The van der Waals surface area contributed by atoms with Gasteiger partial charge in [-0.2, -0.15) is 0 Å². The Morgan fingerprint density at radius 1 is 1.38 bits per heavy atom. The van der Waals surface area contributed by atoms with Crippen LogP contribution in [0.2, 0.25) is 5.02 Å². The zero-order chi connectivity index (χ0) is 14.7. The maximum atomic E-state index is 12.2. The summed E-state index contributed by atoms with van der Waals surface area (Å²) in [7, 11) is 0. The first-order valence-corrected chi connectivity index (χ1v) is 7.21. The van der Waals surface area contributed by atoms with Gasteiger partial charge in [-0.3, -0.25) is 4.98 Å². The normalized spacial score (nSPS) is 10.5. The minimum atomic E-state index is -0.427. The number of thiophene rings is 1. The molecule has 0 atom stereocenters. The first-order chi connectivity index (χ1) is 10.3. The zero-order valence-corrected chi connectivity index (χ0v) is 12.2. The van der Waals surface area contributed by atoms with E-state index in [2.05, 4.69) is 15.3 Å². The van der Waals surface area contributed by atoms with Gasteiger partial charge in [-0.25, -0.2) is 9.48 Å². The molecule has 3 aromatic rings. The fourth-order valence-electron chi connectivity index (χ4n) is 1.70. The Labute approximate surface area is 129 Å². The molecule has 0 aliphatic heterocycles. The summed E-state index contributed by atoms with van der Waals surface area (Å²) < 4.78 is 6.81. The molecule has 3 aromatic heterocycles. The fraction of sp³-hybridized carbons (Fsp3) is 0.0769. The van der Waals surface area contributed by atoms with Crippen molar-refractivity contribution in [2.75, 3.05) is 0 Å². The summed E-state index contributed by atoms with van der Waals surface area (Å²) in [5.74, 6) is -0.427. The van der Waals surface area contributed by atoms with Gasteiger partial charge in [-0.15, -0.1) is 16.4 Å². The summed E-state index contributed by atoms with van der Waals surface area (Å²) in [5.41, 5.74) is 1.35. The number of ether oxygens (including phenoxy) is 1. The number of halogens is 1. The van der Waals surface area contributed by atoms with Gasteiger partial charge in [0, 0.05) is 18.0 Å². The topological polar surface area (TPSA) is 69.9 Å². The molecule has 21 heavy (non-hydrogen) atoms. The number of carbonyl (C=O) groups is 1. The Kier molecular flexibility index (Phi) is 3.94. The SMILES string of the molecule is O=C(OCc1ccncc1Cl)c1sccc1-n1ccnn1. The van der Waals surface area contributed by atoms with E-state index in [0.717, 1.165) is 0 Å². The van der Waals surface area contributed by atoms with Crippen LogP contribution in [0.3, 0.4) is 0 Å². The molecule has 0 radical (unpaired) electrons.